The van der Waals surface area contributed by atoms with Gasteiger partial charge in [-0.05, 0) is 36.1 Å². The lowest BCUT2D eigenvalue weighted by Gasteiger charge is -2.45. The van der Waals surface area contributed by atoms with Gasteiger partial charge in [0, 0.05) is 37.6 Å². The van der Waals surface area contributed by atoms with Crippen LogP contribution < -0.4 is 0 Å². The number of aliphatic hydroxyl groups excluding tert-OH is 1. The van der Waals surface area contributed by atoms with Gasteiger partial charge in [-0.1, -0.05) is 38.1 Å². The molecule has 0 aliphatic carbocycles. The van der Waals surface area contributed by atoms with Gasteiger partial charge in [-0.2, -0.15) is 0 Å². The van der Waals surface area contributed by atoms with Crippen molar-refractivity contribution in [3.63, 3.8) is 0 Å². The quantitative estimate of drug-likeness (QED) is 0.711. The molecule has 1 N–H and O–H groups in total. The number of nitrogens with zero attached hydrogens (tertiary/aromatic N) is 1. The molecule has 3 rings (SSSR count). The molecule has 2 aromatic carbocycles. The first-order valence-electron chi connectivity index (χ1n) is 9.93. The summed E-state index contributed by atoms with van der Waals surface area (Å²) in [6, 6.07) is 10.5. The van der Waals surface area contributed by atoms with Crippen molar-refractivity contribution in [2.75, 3.05) is 13.2 Å². The molecule has 0 spiro atoms. The van der Waals surface area contributed by atoms with Crippen molar-refractivity contribution >= 4 is 6.09 Å². The Kier molecular flexibility index (Phi) is 6.22. The molecule has 156 valence electrons. The molecule has 0 saturated carbocycles. The second-order valence-corrected chi connectivity index (χ2v) is 7.93. The molecule has 29 heavy (non-hydrogen) atoms. The summed E-state index contributed by atoms with van der Waals surface area (Å²) in [5.41, 5.74) is 1.23. The maximum Gasteiger partial charge on any atom is 0.410 e. The second-order valence-electron chi connectivity index (χ2n) is 7.93. The lowest BCUT2D eigenvalue weighted by atomic mass is 9.83. The Morgan fingerprint density at radius 1 is 1.14 bits per heavy atom. The topological polar surface area (TPSA) is 49.8 Å². The van der Waals surface area contributed by atoms with Gasteiger partial charge in [-0.3, -0.25) is 0 Å². The lowest BCUT2D eigenvalue weighted by Crippen LogP contribution is -2.53. The van der Waals surface area contributed by atoms with Gasteiger partial charge in [0.25, 0.3) is 0 Å². The van der Waals surface area contributed by atoms with Crippen LogP contribution in [0.4, 0.5) is 13.6 Å². The third-order valence-electron chi connectivity index (χ3n) is 5.99. The zero-order valence-electron chi connectivity index (χ0n) is 17.0. The predicted octanol–water partition coefficient (Wildman–Crippen LogP) is 5.31. The Labute approximate surface area is 170 Å². The Balaban J connectivity index is 1.75. The molecular weight excluding hydrogens is 376 g/mol. The van der Waals surface area contributed by atoms with Crippen LogP contribution in [-0.2, 0) is 4.74 Å². The van der Waals surface area contributed by atoms with Gasteiger partial charge in [-0.15, -0.1) is 0 Å². The van der Waals surface area contributed by atoms with Crippen molar-refractivity contribution in [3.05, 3.63) is 59.7 Å². The van der Waals surface area contributed by atoms with E-state index in [2.05, 4.69) is 0 Å². The minimum absolute atomic E-state index is 0.0254. The van der Waals surface area contributed by atoms with Crippen LogP contribution in [0.2, 0.25) is 0 Å². The van der Waals surface area contributed by atoms with Crippen LogP contribution in [0.15, 0.2) is 42.5 Å². The summed E-state index contributed by atoms with van der Waals surface area (Å²) in [4.78, 5) is 14.4. The maximum absolute atomic E-state index is 14.0. The first kappa shape index (κ1) is 21.2. The molecular formula is C23H27F2NO3. The van der Waals surface area contributed by atoms with Crippen LogP contribution in [0.5, 0.6) is 0 Å². The van der Waals surface area contributed by atoms with Crippen molar-refractivity contribution in [1.29, 1.82) is 0 Å². The number of carbonyl (C=O) groups excluding carboxylic acids is 1. The van der Waals surface area contributed by atoms with E-state index in [-0.39, 0.29) is 24.7 Å². The second kappa shape index (κ2) is 8.49. The monoisotopic (exact) mass is 403 g/mol. The van der Waals surface area contributed by atoms with E-state index in [1.54, 1.807) is 17.0 Å². The van der Waals surface area contributed by atoms with E-state index in [9.17, 15) is 18.7 Å². The molecule has 1 amide bonds. The van der Waals surface area contributed by atoms with Gasteiger partial charge in [0.2, 0.25) is 0 Å². The molecule has 1 aliphatic rings. The highest BCUT2D eigenvalue weighted by molar-refractivity contribution is 5.70. The fourth-order valence-electron chi connectivity index (χ4n) is 3.94. The zero-order chi connectivity index (χ0) is 21.2. The molecule has 1 unspecified atom stereocenters. The highest BCUT2D eigenvalue weighted by Crippen LogP contribution is 2.37. The summed E-state index contributed by atoms with van der Waals surface area (Å²) in [5.74, 6) is -1.11. The number of benzene rings is 2. The van der Waals surface area contributed by atoms with Crippen LogP contribution in [-0.4, -0.2) is 34.9 Å². The fraction of sp³-hybridized carbons (Fsp3) is 0.435. The summed E-state index contributed by atoms with van der Waals surface area (Å²) in [6.07, 6.45) is 0.691. The van der Waals surface area contributed by atoms with Crippen LogP contribution in [0.1, 0.15) is 45.2 Å². The maximum atomic E-state index is 14.0. The van der Waals surface area contributed by atoms with Gasteiger partial charge in [0.15, 0.2) is 0 Å². The summed E-state index contributed by atoms with van der Waals surface area (Å²) in [7, 11) is 0. The molecule has 2 aromatic rings. The molecule has 6 heteroatoms. The zero-order valence-corrected chi connectivity index (χ0v) is 17.0. The van der Waals surface area contributed by atoms with Gasteiger partial charge in [-0.25, -0.2) is 13.6 Å². The van der Waals surface area contributed by atoms with Crippen molar-refractivity contribution < 1.29 is 23.4 Å². The highest BCUT2D eigenvalue weighted by Gasteiger charge is 2.43. The van der Waals surface area contributed by atoms with Crippen molar-refractivity contribution in [2.24, 2.45) is 5.92 Å². The standard InChI is InChI=1S/C23H27F2NO3/c1-15(2)23(11-13-27)10-12-26(22(28)29-23)16(3)17-4-6-18(7-5-17)20-9-8-19(24)14-21(20)25/h4-9,14-16,27H,10-13H2,1-3H3/t16-,23?/m0/s1. The molecule has 1 aliphatic heterocycles. The molecule has 2 atom stereocenters. The number of hydrogen-bond acceptors (Lipinski definition) is 3. The van der Waals surface area contributed by atoms with Gasteiger partial charge >= 0.3 is 6.09 Å². The van der Waals surface area contributed by atoms with Crippen molar-refractivity contribution in [3.8, 4) is 11.1 Å². The highest BCUT2D eigenvalue weighted by atomic mass is 19.1. The SMILES string of the molecule is CC(C)C1(CCO)CCN([C@@H](C)c2ccc(-c3ccc(F)cc3F)cc2)C(=O)O1. The average molecular weight is 403 g/mol. The molecule has 0 radical (unpaired) electrons. The number of hydrogen-bond donors (Lipinski definition) is 1. The van der Waals surface area contributed by atoms with E-state index in [0.717, 1.165) is 11.6 Å². The average Bonchev–Trinajstić information content (AvgIpc) is 2.68. The minimum atomic E-state index is -0.633. The minimum Gasteiger partial charge on any atom is -0.442 e. The number of rotatable bonds is 6. The number of amides is 1. The van der Waals surface area contributed by atoms with Gasteiger partial charge in [0.1, 0.15) is 17.2 Å². The third-order valence-corrected chi connectivity index (χ3v) is 5.99. The molecule has 1 fully saturated rings. The van der Waals surface area contributed by atoms with Crippen molar-refractivity contribution in [1.82, 2.24) is 4.90 Å². The summed E-state index contributed by atoms with van der Waals surface area (Å²) >= 11 is 0. The summed E-state index contributed by atoms with van der Waals surface area (Å²) < 4.78 is 32.9. The largest absolute Gasteiger partial charge is 0.442 e. The molecule has 4 nitrogen and oxygen atoms in total. The van der Waals surface area contributed by atoms with E-state index >= 15 is 0 Å². The number of ether oxygens (including phenoxy) is 1. The summed E-state index contributed by atoms with van der Waals surface area (Å²) in [6.45, 7) is 6.42. The Morgan fingerprint density at radius 2 is 1.83 bits per heavy atom. The molecule has 0 bridgehead atoms. The van der Waals surface area contributed by atoms with Crippen LogP contribution >= 0.6 is 0 Å². The molecule has 0 aromatic heterocycles. The first-order valence-corrected chi connectivity index (χ1v) is 9.93. The third kappa shape index (κ3) is 4.27. The first-order chi connectivity index (χ1) is 13.8. The van der Waals surface area contributed by atoms with E-state index in [0.29, 0.717) is 30.5 Å². The Bertz CT molecular complexity index is 869. The lowest BCUT2D eigenvalue weighted by molar-refractivity contribution is -0.0929. The Hall–Kier alpha value is -2.47. The smallest absolute Gasteiger partial charge is 0.410 e. The predicted molar refractivity (Wildman–Crippen MR) is 107 cm³/mol. The van der Waals surface area contributed by atoms with E-state index in [1.807, 2.05) is 32.9 Å². The van der Waals surface area contributed by atoms with E-state index in [4.69, 9.17) is 4.74 Å². The van der Waals surface area contributed by atoms with Crippen LogP contribution in [0.3, 0.4) is 0 Å². The Morgan fingerprint density at radius 3 is 2.38 bits per heavy atom. The normalized spacial score (nSPS) is 20.7. The van der Waals surface area contributed by atoms with Crippen LogP contribution in [0.25, 0.3) is 11.1 Å². The fourth-order valence-corrected chi connectivity index (χ4v) is 3.94. The van der Waals surface area contributed by atoms with Gasteiger partial charge < -0.3 is 14.7 Å². The molecule has 1 saturated heterocycles. The summed E-state index contributed by atoms with van der Waals surface area (Å²) in [5, 5.41) is 9.37. The van der Waals surface area contributed by atoms with Crippen LogP contribution in [0, 0.1) is 17.6 Å². The van der Waals surface area contributed by atoms with E-state index < -0.39 is 17.2 Å². The molecule has 1 heterocycles. The van der Waals surface area contributed by atoms with E-state index in [1.165, 1.54) is 12.1 Å². The number of carbonyl (C=O) groups is 1. The number of halogens is 2. The number of aliphatic hydroxyl groups is 1. The van der Waals surface area contributed by atoms with Gasteiger partial charge in [0.05, 0.1) is 6.04 Å². The number of cyclic esters (lactones) is 1. The van der Waals surface area contributed by atoms with Crippen molar-refractivity contribution in [2.45, 2.75) is 45.3 Å².